The number of nitrogens with one attached hydrogen (secondary N) is 2. The van der Waals surface area contributed by atoms with E-state index in [4.69, 9.17) is 4.74 Å². The largest absolute Gasteiger partial charge is 0.462 e. The first-order chi connectivity index (χ1) is 12.4. The second-order valence-electron chi connectivity index (χ2n) is 5.78. The maximum atomic E-state index is 12.5. The first-order valence-corrected chi connectivity index (χ1v) is 10.0. The molecule has 0 saturated carbocycles. The fourth-order valence-corrected chi connectivity index (χ4v) is 4.06. The maximum Gasteiger partial charge on any atom is 0.348 e. The fraction of sp³-hybridized carbons (Fsp3) is 0.278. The molecule has 0 fully saturated rings. The van der Waals surface area contributed by atoms with Crippen molar-refractivity contribution in [1.82, 2.24) is 9.97 Å². The highest BCUT2D eigenvalue weighted by molar-refractivity contribution is 14.1. The number of ether oxygens (including phenoxy) is 1. The van der Waals surface area contributed by atoms with E-state index in [0.29, 0.717) is 33.1 Å². The SMILES string of the molecule is CCOC(=O)c1sc2nc([C@H](C)Nc3ccc(I)cc3)[nH]c(=O)c2c1C. The number of anilines is 1. The molecule has 136 valence electrons. The Bertz CT molecular complexity index is 1010. The van der Waals surface area contributed by atoms with Gasteiger partial charge in [0.05, 0.1) is 18.0 Å². The van der Waals surface area contributed by atoms with Crippen LogP contribution in [0.15, 0.2) is 29.1 Å². The summed E-state index contributed by atoms with van der Waals surface area (Å²) in [5, 5.41) is 3.77. The summed E-state index contributed by atoms with van der Waals surface area (Å²) in [6.45, 7) is 5.71. The summed E-state index contributed by atoms with van der Waals surface area (Å²) >= 11 is 3.44. The number of aromatic amines is 1. The number of carbonyl (C=O) groups excluding carboxylic acids is 1. The Balaban J connectivity index is 1.96. The van der Waals surface area contributed by atoms with E-state index in [0.717, 1.165) is 9.26 Å². The van der Waals surface area contributed by atoms with Gasteiger partial charge in [-0.2, -0.15) is 0 Å². The van der Waals surface area contributed by atoms with E-state index in [2.05, 4.69) is 37.9 Å². The van der Waals surface area contributed by atoms with Gasteiger partial charge in [0.25, 0.3) is 5.56 Å². The number of carbonyl (C=O) groups is 1. The second-order valence-corrected chi connectivity index (χ2v) is 8.03. The van der Waals surface area contributed by atoms with Crippen LogP contribution in [-0.4, -0.2) is 22.5 Å². The monoisotopic (exact) mass is 483 g/mol. The summed E-state index contributed by atoms with van der Waals surface area (Å²) in [4.78, 5) is 33.0. The zero-order valence-corrected chi connectivity index (χ0v) is 17.5. The maximum absolute atomic E-state index is 12.5. The van der Waals surface area contributed by atoms with E-state index in [-0.39, 0.29) is 11.6 Å². The molecule has 1 aromatic carbocycles. The van der Waals surface area contributed by atoms with Gasteiger partial charge in [-0.1, -0.05) is 0 Å². The van der Waals surface area contributed by atoms with Gasteiger partial charge in [-0.3, -0.25) is 4.79 Å². The third-order valence-corrected chi connectivity index (χ3v) is 5.80. The van der Waals surface area contributed by atoms with Crippen LogP contribution >= 0.6 is 33.9 Å². The number of rotatable bonds is 5. The van der Waals surface area contributed by atoms with Crippen molar-refractivity contribution < 1.29 is 9.53 Å². The molecular weight excluding hydrogens is 465 g/mol. The van der Waals surface area contributed by atoms with Gasteiger partial charge in [-0.25, -0.2) is 9.78 Å². The number of aromatic nitrogens is 2. The molecule has 0 radical (unpaired) electrons. The average molecular weight is 483 g/mol. The van der Waals surface area contributed by atoms with Crippen LogP contribution < -0.4 is 10.9 Å². The summed E-state index contributed by atoms with van der Waals surface area (Å²) in [5.74, 6) is 0.108. The van der Waals surface area contributed by atoms with E-state index < -0.39 is 5.97 Å². The molecule has 0 aliphatic rings. The van der Waals surface area contributed by atoms with Crippen molar-refractivity contribution >= 4 is 55.8 Å². The number of hydrogen-bond acceptors (Lipinski definition) is 6. The zero-order chi connectivity index (χ0) is 18.8. The highest BCUT2D eigenvalue weighted by Crippen LogP contribution is 2.28. The average Bonchev–Trinajstić information content (AvgIpc) is 2.94. The lowest BCUT2D eigenvalue weighted by molar-refractivity contribution is 0.0531. The fourth-order valence-electron chi connectivity index (χ4n) is 2.62. The minimum absolute atomic E-state index is 0.194. The van der Waals surface area contributed by atoms with E-state index in [1.807, 2.05) is 31.2 Å². The van der Waals surface area contributed by atoms with Crippen LogP contribution in [0.2, 0.25) is 0 Å². The normalized spacial score (nSPS) is 12.2. The molecule has 0 spiro atoms. The number of benzene rings is 1. The van der Waals surface area contributed by atoms with E-state index >= 15 is 0 Å². The van der Waals surface area contributed by atoms with Crippen molar-refractivity contribution in [2.75, 3.05) is 11.9 Å². The van der Waals surface area contributed by atoms with Crippen molar-refractivity contribution in [2.45, 2.75) is 26.8 Å². The van der Waals surface area contributed by atoms with Crippen LogP contribution in [0.5, 0.6) is 0 Å². The van der Waals surface area contributed by atoms with Crippen molar-refractivity contribution in [2.24, 2.45) is 0 Å². The summed E-state index contributed by atoms with van der Waals surface area (Å²) in [7, 11) is 0. The van der Waals surface area contributed by atoms with E-state index in [1.54, 1.807) is 13.8 Å². The van der Waals surface area contributed by atoms with Crippen molar-refractivity contribution in [3.05, 3.63) is 54.5 Å². The lowest BCUT2D eigenvalue weighted by Gasteiger charge is -2.14. The molecule has 0 amide bonds. The first-order valence-electron chi connectivity index (χ1n) is 8.13. The van der Waals surface area contributed by atoms with E-state index in [9.17, 15) is 9.59 Å². The van der Waals surface area contributed by atoms with Gasteiger partial charge in [-0.15, -0.1) is 11.3 Å². The molecule has 0 saturated heterocycles. The molecule has 0 aliphatic heterocycles. The van der Waals surface area contributed by atoms with Crippen molar-refractivity contribution in [3.63, 3.8) is 0 Å². The Morgan fingerprint density at radius 2 is 2.08 bits per heavy atom. The summed E-state index contributed by atoms with van der Waals surface area (Å²) in [5.41, 5.74) is 1.31. The lowest BCUT2D eigenvalue weighted by Crippen LogP contribution is -2.17. The Kier molecular flexibility index (Phi) is 5.61. The van der Waals surface area contributed by atoms with Gasteiger partial charge in [0.1, 0.15) is 15.5 Å². The van der Waals surface area contributed by atoms with Gasteiger partial charge >= 0.3 is 5.97 Å². The summed E-state index contributed by atoms with van der Waals surface area (Å²) in [6, 6.07) is 7.76. The molecule has 0 aliphatic carbocycles. The van der Waals surface area contributed by atoms with Crippen LogP contribution in [0.3, 0.4) is 0 Å². The molecule has 6 nitrogen and oxygen atoms in total. The molecule has 2 heterocycles. The topological polar surface area (TPSA) is 84.1 Å². The van der Waals surface area contributed by atoms with Crippen LogP contribution in [-0.2, 0) is 4.74 Å². The molecule has 2 N–H and O–H groups in total. The van der Waals surface area contributed by atoms with Gasteiger partial charge in [-0.05, 0) is 73.2 Å². The van der Waals surface area contributed by atoms with Crippen LogP contribution in [0.4, 0.5) is 5.69 Å². The predicted molar refractivity (Wildman–Crippen MR) is 112 cm³/mol. The minimum Gasteiger partial charge on any atom is -0.462 e. The number of halogens is 1. The Hall–Kier alpha value is -1.94. The Morgan fingerprint density at radius 1 is 1.38 bits per heavy atom. The van der Waals surface area contributed by atoms with Gasteiger partial charge in [0, 0.05) is 9.26 Å². The van der Waals surface area contributed by atoms with Crippen LogP contribution in [0, 0.1) is 10.5 Å². The van der Waals surface area contributed by atoms with Gasteiger partial charge in [0.2, 0.25) is 0 Å². The summed E-state index contributed by atoms with van der Waals surface area (Å²) in [6.07, 6.45) is 0. The van der Waals surface area contributed by atoms with Gasteiger partial charge < -0.3 is 15.0 Å². The molecule has 3 rings (SSSR count). The van der Waals surface area contributed by atoms with Crippen molar-refractivity contribution in [3.8, 4) is 0 Å². The number of hydrogen-bond donors (Lipinski definition) is 2. The smallest absolute Gasteiger partial charge is 0.348 e. The quantitative estimate of drug-likeness (QED) is 0.419. The molecule has 3 aromatic rings. The number of esters is 1. The summed E-state index contributed by atoms with van der Waals surface area (Å²) < 4.78 is 6.21. The molecule has 8 heteroatoms. The number of thiophene rings is 1. The molecular formula is C18H18IN3O3S. The minimum atomic E-state index is -0.418. The molecule has 2 aromatic heterocycles. The third kappa shape index (κ3) is 3.75. The lowest BCUT2D eigenvalue weighted by atomic mass is 10.2. The third-order valence-electron chi connectivity index (χ3n) is 3.92. The van der Waals surface area contributed by atoms with Crippen LogP contribution in [0.1, 0.15) is 40.9 Å². The highest BCUT2D eigenvalue weighted by Gasteiger charge is 2.21. The first kappa shape index (κ1) is 18.8. The molecule has 0 bridgehead atoms. The Labute approximate surface area is 168 Å². The molecule has 0 unspecified atom stereocenters. The predicted octanol–water partition coefficient (Wildman–Crippen LogP) is 4.25. The number of aryl methyl sites for hydroxylation is 1. The Morgan fingerprint density at radius 3 is 2.73 bits per heavy atom. The number of H-pyrrole nitrogens is 1. The van der Waals surface area contributed by atoms with Gasteiger partial charge in [0.15, 0.2) is 0 Å². The zero-order valence-electron chi connectivity index (χ0n) is 14.6. The van der Waals surface area contributed by atoms with Crippen LogP contribution in [0.25, 0.3) is 10.2 Å². The second kappa shape index (κ2) is 7.75. The highest BCUT2D eigenvalue weighted by atomic mass is 127. The molecule has 26 heavy (non-hydrogen) atoms. The standard InChI is InChI=1S/C18H18IN3O3S/c1-4-25-18(24)14-9(2)13-16(23)21-15(22-17(13)26-14)10(3)20-12-7-5-11(19)6-8-12/h5-8,10,20H,4H2,1-3H3,(H,21,22,23)/t10-/m0/s1. The van der Waals surface area contributed by atoms with Crippen molar-refractivity contribution in [1.29, 1.82) is 0 Å². The number of nitrogens with zero attached hydrogens (tertiary/aromatic N) is 1. The van der Waals surface area contributed by atoms with E-state index in [1.165, 1.54) is 11.3 Å². The number of fused-ring (bicyclic) bond motifs is 1. The molecule has 1 atom stereocenters.